The van der Waals surface area contributed by atoms with Crippen LogP contribution in [0.1, 0.15) is 239 Å². The molecular formula is C47H96NO7P. The van der Waals surface area contributed by atoms with Gasteiger partial charge < -0.3 is 27.9 Å². The lowest BCUT2D eigenvalue weighted by atomic mass is 10.0. The van der Waals surface area contributed by atoms with Crippen LogP contribution in [0.5, 0.6) is 0 Å². The molecular weight excluding hydrogens is 721 g/mol. The SMILES string of the molecule is CCCCCCCCCCCCCCCCCCCCCCCCC(=O)O[C@H](COCCCCCCCCCCCCCC)COP(=O)([O-])OCC[N+](C)(C)C. The van der Waals surface area contributed by atoms with Crippen LogP contribution in [0.4, 0.5) is 0 Å². The van der Waals surface area contributed by atoms with E-state index in [1.165, 1.54) is 186 Å². The smallest absolute Gasteiger partial charge is 0.306 e. The number of nitrogens with zero attached hydrogens (tertiary/aromatic N) is 1. The molecule has 0 aromatic heterocycles. The number of carbonyl (C=O) groups is 1. The van der Waals surface area contributed by atoms with Gasteiger partial charge in [-0.25, -0.2) is 0 Å². The Bertz CT molecular complexity index is 868. The summed E-state index contributed by atoms with van der Waals surface area (Å²) in [6.45, 7) is 5.47. The fourth-order valence-electron chi connectivity index (χ4n) is 7.14. The second-order valence-corrected chi connectivity index (χ2v) is 19.3. The van der Waals surface area contributed by atoms with Crippen molar-refractivity contribution in [1.29, 1.82) is 0 Å². The molecule has 0 bridgehead atoms. The van der Waals surface area contributed by atoms with Crippen LogP contribution in [0.15, 0.2) is 0 Å². The first-order chi connectivity index (χ1) is 27.1. The summed E-state index contributed by atoms with van der Waals surface area (Å²) >= 11 is 0. The zero-order chi connectivity index (χ0) is 41.3. The van der Waals surface area contributed by atoms with E-state index in [9.17, 15) is 14.3 Å². The fourth-order valence-corrected chi connectivity index (χ4v) is 7.87. The summed E-state index contributed by atoms with van der Waals surface area (Å²) in [5.41, 5.74) is 0. The molecule has 0 saturated heterocycles. The van der Waals surface area contributed by atoms with E-state index in [4.69, 9.17) is 18.5 Å². The molecule has 0 aliphatic rings. The summed E-state index contributed by atoms with van der Waals surface area (Å²) in [6, 6.07) is 0. The van der Waals surface area contributed by atoms with Gasteiger partial charge >= 0.3 is 5.97 Å². The van der Waals surface area contributed by atoms with Crippen LogP contribution in [0.25, 0.3) is 0 Å². The van der Waals surface area contributed by atoms with Crippen molar-refractivity contribution in [1.82, 2.24) is 0 Å². The molecule has 0 N–H and O–H groups in total. The van der Waals surface area contributed by atoms with Crippen LogP contribution >= 0.6 is 7.82 Å². The minimum atomic E-state index is -4.52. The van der Waals surface area contributed by atoms with Gasteiger partial charge in [-0.3, -0.25) is 9.36 Å². The molecule has 0 rings (SSSR count). The van der Waals surface area contributed by atoms with Gasteiger partial charge in [0.05, 0.1) is 34.4 Å². The number of phosphoric ester groups is 1. The first-order valence-corrected chi connectivity index (χ1v) is 25.7. The Balaban J connectivity index is 4.05. The van der Waals surface area contributed by atoms with Crippen molar-refractivity contribution in [3.8, 4) is 0 Å². The predicted molar refractivity (Wildman–Crippen MR) is 236 cm³/mol. The number of unbranched alkanes of at least 4 members (excludes halogenated alkanes) is 32. The van der Waals surface area contributed by atoms with Crippen molar-refractivity contribution in [3.63, 3.8) is 0 Å². The Morgan fingerprint density at radius 2 is 0.821 bits per heavy atom. The van der Waals surface area contributed by atoms with Gasteiger partial charge in [-0.1, -0.05) is 219 Å². The number of ether oxygens (including phenoxy) is 2. The average molecular weight is 818 g/mol. The number of hydrogen-bond donors (Lipinski definition) is 0. The van der Waals surface area contributed by atoms with Gasteiger partial charge in [0.1, 0.15) is 19.3 Å². The summed E-state index contributed by atoms with van der Waals surface area (Å²) in [5, 5.41) is 0. The minimum Gasteiger partial charge on any atom is -0.756 e. The number of phosphoric acid groups is 1. The first-order valence-electron chi connectivity index (χ1n) is 24.3. The second kappa shape index (κ2) is 41.2. The molecule has 336 valence electrons. The summed E-state index contributed by atoms with van der Waals surface area (Å²) < 4.78 is 34.6. The highest BCUT2D eigenvalue weighted by Gasteiger charge is 2.20. The highest BCUT2D eigenvalue weighted by molar-refractivity contribution is 7.45. The summed E-state index contributed by atoms with van der Waals surface area (Å²) in [6.07, 6.45) is 44.0. The van der Waals surface area contributed by atoms with Crippen LogP contribution in [0.2, 0.25) is 0 Å². The Hall–Kier alpha value is -0.500. The molecule has 0 aliphatic carbocycles. The number of rotatable bonds is 46. The largest absolute Gasteiger partial charge is 0.756 e. The zero-order valence-corrected chi connectivity index (χ0v) is 39.0. The number of quaternary nitrogens is 1. The highest BCUT2D eigenvalue weighted by Crippen LogP contribution is 2.38. The summed E-state index contributed by atoms with van der Waals surface area (Å²) in [5.74, 6) is -0.326. The third-order valence-electron chi connectivity index (χ3n) is 10.9. The Kier molecular flexibility index (Phi) is 40.9. The van der Waals surface area contributed by atoms with Gasteiger partial charge in [-0.15, -0.1) is 0 Å². The van der Waals surface area contributed by atoms with E-state index in [0.717, 1.165) is 32.1 Å². The number of carbonyl (C=O) groups excluding carboxylic acids is 1. The van der Waals surface area contributed by atoms with Gasteiger partial charge in [0.2, 0.25) is 0 Å². The van der Waals surface area contributed by atoms with E-state index >= 15 is 0 Å². The highest BCUT2D eigenvalue weighted by atomic mass is 31.2. The van der Waals surface area contributed by atoms with E-state index in [2.05, 4.69) is 13.8 Å². The lowest BCUT2D eigenvalue weighted by molar-refractivity contribution is -0.870. The van der Waals surface area contributed by atoms with E-state index in [1.807, 2.05) is 21.1 Å². The molecule has 0 aliphatic heterocycles. The first kappa shape index (κ1) is 55.5. The fraction of sp³-hybridized carbons (Fsp3) is 0.979. The van der Waals surface area contributed by atoms with Crippen molar-refractivity contribution in [2.45, 2.75) is 245 Å². The van der Waals surface area contributed by atoms with Crippen molar-refractivity contribution >= 4 is 13.8 Å². The molecule has 8 nitrogen and oxygen atoms in total. The maximum absolute atomic E-state index is 12.7. The quantitative estimate of drug-likeness (QED) is 0.0261. The van der Waals surface area contributed by atoms with Crippen LogP contribution in [-0.2, 0) is 27.9 Å². The van der Waals surface area contributed by atoms with Crippen molar-refractivity contribution in [3.05, 3.63) is 0 Å². The molecule has 0 radical (unpaired) electrons. The standard InChI is InChI=1S/C47H96NO7P/c1-6-8-10-12-14-16-18-20-21-22-23-24-25-26-27-28-29-30-32-34-36-38-40-47(49)55-46(45-54-56(50,51)53-43-41-48(3,4)5)44-52-42-39-37-35-33-31-19-17-15-13-11-9-7-2/h46H,6-45H2,1-5H3/t46-/m1/s1. The van der Waals surface area contributed by atoms with Crippen LogP contribution in [-0.4, -0.2) is 70.7 Å². The van der Waals surface area contributed by atoms with Gasteiger partial charge in [0, 0.05) is 13.0 Å². The van der Waals surface area contributed by atoms with E-state index in [0.29, 0.717) is 24.1 Å². The molecule has 2 atom stereocenters. The normalized spacial score (nSPS) is 13.6. The Morgan fingerprint density at radius 1 is 0.482 bits per heavy atom. The molecule has 1 unspecified atom stereocenters. The Labute approximate surface area is 348 Å². The average Bonchev–Trinajstić information content (AvgIpc) is 3.15. The molecule has 0 heterocycles. The van der Waals surface area contributed by atoms with Gasteiger partial charge in [-0.05, 0) is 12.8 Å². The lowest BCUT2D eigenvalue weighted by Crippen LogP contribution is -2.37. The van der Waals surface area contributed by atoms with E-state index in [1.54, 1.807) is 0 Å². The molecule has 0 aromatic carbocycles. The summed E-state index contributed by atoms with van der Waals surface area (Å²) in [7, 11) is 1.38. The minimum absolute atomic E-state index is 0.0314. The predicted octanol–water partition coefficient (Wildman–Crippen LogP) is 13.8. The van der Waals surface area contributed by atoms with Gasteiger partial charge in [-0.2, -0.15) is 0 Å². The molecule has 0 aromatic rings. The van der Waals surface area contributed by atoms with Crippen LogP contribution in [0, 0.1) is 0 Å². The van der Waals surface area contributed by atoms with Gasteiger partial charge in [0.15, 0.2) is 0 Å². The second-order valence-electron chi connectivity index (χ2n) is 17.8. The Morgan fingerprint density at radius 3 is 1.18 bits per heavy atom. The zero-order valence-electron chi connectivity index (χ0n) is 38.1. The molecule has 9 heteroatoms. The molecule has 0 saturated carbocycles. The van der Waals surface area contributed by atoms with Gasteiger partial charge in [0.25, 0.3) is 7.82 Å². The number of esters is 1. The molecule has 56 heavy (non-hydrogen) atoms. The lowest BCUT2D eigenvalue weighted by Gasteiger charge is -2.28. The third-order valence-corrected chi connectivity index (χ3v) is 11.9. The topological polar surface area (TPSA) is 94.1 Å². The van der Waals surface area contributed by atoms with E-state index < -0.39 is 13.9 Å². The summed E-state index contributed by atoms with van der Waals surface area (Å²) in [4.78, 5) is 25.1. The molecule has 0 amide bonds. The van der Waals surface area contributed by atoms with Crippen LogP contribution in [0.3, 0.4) is 0 Å². The monoisotopic (exact) mass is 818 g/mol. The maximum Gasteiger partial charge on any atom is 0.306 e. The number of likely N-dealkylation sites (N-methyl/N-ethyl adjacent to an activating group) is 1. The molecule has 0 spiro atoms. The van der Waals surface area contributed by atoms with Crippen LogP contribution < -0.4 is 4.89 Å². The van der Waals surface area contributed by atoms with Crippen molar-refractivity contribution in [2.75, 3.05) is 54.1 Å². The maximum atomic E-state index is 12.7. The van der Waals surface area contributed by atoms with E-state index in [-0.39, 0.29) is 25.8 Å². The number of hydrogen-bond acceptors (Lipinski definition) is 7. The molecule has 0 fully saturated rings. The van der Waals surface area contributed by atoms with Crippen molar-refractivity contribution < 1.29 is 37.3 Å². The van der Waals surface area contributed by atoms with Crippen molar-refractivity contribution in [2.24, 2.45) is 0 Å². The third kappa shape index (κ3) is 44.6.